The Morgan fingerprint density at radius 2 is 1.00 bits per heavy atom. The number of H-pyrrole nitrogens is 1. The smallest absolute Gasteiger partial charge is 0.416 e. The van der Waals surface area contributed by atoms with Crippen LogP contribution in [0.2, 0.25) is 0 Å². The van der Waals surface area contributed by atoms with Crippen molar-refractivity contribution in [2.75, 3.05) is 83.7 Å². The van der Waals surface area contributed by atoms with Gasteiger partial charge in [-0.15, -0.1) is 0 Å². The van der Waals surface area contributed by atoms with Crippen molar-refractivity contribution in [3.8, 4) is 34.5 Å². The van der Waals surface area contributed by atoms with Gasteiger partial charge in [0.2, 0.25) is 18.5 Å². The van der Waals surface area contributed by atoms with Crippen LogP contribution in [-0.4, -0.2) is 307 Å². The van der Waals surface area contributed by atoms with Gasteiger partial charge in [-0.2, -0.15) is 0 Å². The molecule has 0 radical (unpaired) electrons. The fourth-order valence-corrected chi connectivity index (χ4v) is 14.7. The van der Waals surface area contributed by atoms with Crippen LogP contribution in [0.15, 0.2) is 110 Å². The second kappa shape index (κ2) is 38.4. The number of methoxy groups -OCH3 is 3. The van der Waals surface area contributed by atoms with Crippen LogP contribution >= 0.6 is 0 Å². The number of hydrogen-bond donors (Lipinski definition) is 14. The van der Waals surface area contributed by atoms with Crippen LogP contribution in [0.3, 0.4) is 0 Å². The molecule has 5 aromatic rings. The Balaban J connectivity index is 0.717. The van der Waals surface area contributed by atoms with E-state index in [0.717, 1.165) is 26.9 Å². The summed E-state index contributed by atoms with van der Waals surface area (Å²) in [6.45, 7) is 6.62. The topological polar surface area (TPSA) is 573 Å². The second-order valence-corrected chi connectivity index (χ2v) is 29.1. The summed E-state index contributed by atoms with van der Waals surface area (Å²) in [7, 11) is 4.04. The quantitative estimate of drug-likeness (QED) is 0.0139. The number of carboxylic acids is 2. The number of amides is 9. The third-order valence-electron chi connectivity index (χ3n) is 20.9. The van der Waals surface area contributed by atoms with Crippen LogP contribution in [0, 0.1) is 0 Å². The molecular weight excluding hydrogens is 1600 g/mol. The number of rotatable bonds is 33. The number of imidazole rings is 1. The van der Waals surface area contributed by atoms with Crippen LogP contribution in [0.25, 0.3) is 0 Å². The number of carboxylic acid groups (broad SMARTS) is 2. The average molecular weight is 1690 g/mol. The molecule has 4 fully saturated rings. The lowest BCUT2D eigenvalue weighted by Crippen LogP contribution is -2.61. The third-order valence-corrected chi connectivity index (χ3v) is 20.9. The molecule has 648 valence electrons. The summed E-state index contributed by atoms with van der Waals surface area (Å²) >= 11 is 0. The van der Waals surface area contributed by atoms with E-state index in [4.69, 9.17) is 52.1 Å². The Bertz CT molecular complexity index is 4810. The first-order valence-corrected chi connectivity index (χ1v) is 38.1. The van der Waals surface area contributed by atoms with E-state index < -0.39 is 171 Å². The first-order valence-electron chi connectivity index (χ1n) is 38.1. The van der Waals surface area contributed by atoms with Crippen molar-refractivity contribution in [2.45, 2.75) is 150 Å². The number of benzene rings is 4. The molecule has 14 N–H and O–H groups in total. The van der Waals surface area contributed by atoms with Gasteiger partial charge in [0.25, 0.3) is 35.4 Å². The van der Waals surface area contributed by atoms with Crippen molar-refractivity contribution < 1.29 is 156 Å². The maximum Gasteiger partial charge on any atom is 0.416 e. The van der Waals surface area contributed by atoms with Gasteiger partial charge in [-0.3, -0.25) is 38.5 Å². The number of anilines is 2. The first kappa shape index (κ1) is 87.9. The van der Waals surface area contributed by atoms with Crippen molar-refractivity contribution in [3.05, 3.63) is 149 Å². The molecule has 0 bridgehead atoms. The zero-order valence-corrected chi connectivity index (χ0v) is 65.3. The van der Waals surface area contributed by atoms with Gasteiger partial charge < -0.3 is 134 Å². The highest BCUT2D eigenvalue weighted by Crippen LogP contribution is 2.45. The fourth-order valence-electron chi connectivity index (χ4n) is 14.7. The van der Waals surface area contributed by atoms with Gasteiger partial charge in [-0.1, -0.05) is 36.4 Å². The average Bonchev–Trinajstić information content (AvgIpc) is 1.60. The Hall–Kier alpha value is -12.4. The molecule has 42 nitrogen and oxygen atoms in total. The van der Waals surface area contributed by atoms with Crippen LogP contribution in [0.4, 0.5) is 21.0 Å². The minimum absolute atomic E-state index is 0.00519. The summed E-state index contributed by atoms with van der Waals surface area (Å²) in [5, 5.41) is 115. The number of nitrogens with zero attached hydrogens (tertiary/aromatic N) is 6. The molecule has 8 heterocycles. The third kappa shape index (κ3) is 19.1. The summed E-state index contributed by atoms with van der Waals surface area (Å²) in [5.41, 5.74) is 0.646. The van der Waals surface area contributed by atoms with E-state index in [-0.39, 0.29) is 157 Å². The lowest BCUT2D eigenvalue weighted by atomic mass is 9.99. The molecule has 0 aliphatic carbocycles. The summed E-state index contributed by atoms with van der Waals surface area (Å²) < 4.78 is 62.9. The molecule has 9 amide bonds. The number of aliphatic hydroxyl groups is 8. The second-order valence-electron chi connectivity index (χ2n) is 29.1. The van der Waals surface area contributed by atoms with Gasteiger partial charge in [0, 0.05) is 76.7 Å². The summed E-state index contributed by atoms with van der Waals surface area (Å²) in [4.78, 5) is 161. The molecule has 121 heavy (non-hydrogen) atoms. The Morgan fingerprint density at radius 1 is 0.545 bits per heavy atom. The van der Waals surface area contributed by atoms with Crippen LogP contribution in [0.1, 0.15) is 96.8 Å². The van der Waals surface area contributed by atoms with Gasteiger partial charge in [-0.05, 0) is 86.1 Å². The van der Waals surface area contributed by atoms with E-state index >= 15 is 0 Å². The molecule has 3 unspecified atom stereocenters. The van der Waals surface area contributed by atoms with E-state index in [1.54, 1.807) is 0 Å². The molecule has 7 aliphatic heterocycles. The molecular formula is C79H90N10O32. The van der Waals surface area contributed by atoms with Crippen molar-refractivity contribution in [2.24, 2.45) is 0 Å². The molecule has 0 spiro atoms. The Morgan fingerprint density at radius 3 is 1.43 bits per heavy atom. The van der Waals surface area contributed by atoms with Gasteiger partial charge >= 0.3 is 24.1 Å². The maximum absolute atomic E-state index is 14.8. The number of imide groups is 1. The van der Waals surface area contributed by atoms with E-state index in [2.05, 4.69) is 39.1 Å². The number of aliphatic carboxylic acids is 2. The van der Waals surface area contributed by atoms with Crippen molar-refractivity contribution in [3.63, 3.8) is 0 Å². The van der Waals surface area contributed by atoms with Crippen LogP contribution < -0.4 is 54.2 Å². The summed E-state index contributed by atoms with van der Waals surface area (Å²) in [5.74, 6) is -8.92. The molecule has 42 heteroatoms. The lowest BCUT2D eigenvalue weighted by Gasteiger charge is -2.38. The number of carbonyl (C=O) groups is 11. The Kier molecular flexibility index (Phi) is 27.9. The monoisotopic (exact) mass is 1690 g/mol. The zero-order valence-electron chi connectivity index (χ0n) is 65.3. The van der Waals surface area contributed by atoms with E-state index in [1.165, 1.54) is 104 Å². The van der Waals surface area contributed by atoms with Crippen molar-refractivity contribution >= 4 is 76.9 Å². The molecule has 7 aliphatic rings. The number of fused-ring (bicyclic) bond motifs is 4. The van der Waals surface area contributed by atoms with Crippen LogP contribution in [-0.2, 0) is 67.3 Å². The SMILES string of the molecule is C=C1C[C@H]2C(O)N(C(=O)OCc3ccc(O[C@@H]4O[C@H](C(=O)O)[C@@H](O)[C@H](O)[C@H]4O)c(C(=O)NCCCNC(=O)C(Cc4c[nH]cn4)N4C(=O)C=CC4=O)c3)c3cc(OCCCCCOc4cc5c(cc4OC)C(=O)N4CC(=C)C[C@H]4C(O)N5C(=O)OCc4ccc(O[C@@H]5O[C@H](C(=O)O)[C@@H](O)[C@H](O)[C@H]5O)c(C(=O)NCCOC)c4)c(OC)cc3C(=O)N2C1. The number of unbranched alkanes of at least 4 members (excludes halogenated alkanes) is 2. The number of hydrogen-bond acceptors (Lipinski definition) is 31. The van der Waals surface area contributed by atoms with E-state index in [9.17, 15) is 104 Å². The van der Waals surface area contributed by atoms with Gasteiger partial charge in [0.15, 0.2) is 47.7 Å². The number of ether oxygens (including phenoxy) is 11. The van der Waals surface area contributed by atoms with Crippen molar-refractivity contribution in [1.82, 2.24) is 40.6 Å². The highest BCUT2D eigenvalue weighted by Gasteiger charge is 2.52. The summed E-state index contributed by atoms with van der Waals surface area (Å²) in [6.07, 6.45) is -20.2. The van der Waals surface area contributed by atoms with Crippen molar-refractivity contribution in [1.29, 1.82) is 0 Å². The van der Waals surface area contributed by atoms with E-state index in [1.807, 2.05) is 0 Å². The highest BCUT2D eigenvalue weighted by atomic mass is 16.7. The fraction of sp³-hybridized carbons (Fsp3) is 0.443. The molecule has 1 aromatic heterocycles. The molecule has 15 atom stereocenters. The number of carbonyl (C=O) groups excluding carboxylic acids is 9. The maximum atomic E-state index is 14.8. The molecule has 0 saturated carbocycles. The number of aromatic amines is 1. The molecule has 12 rings (SSSR count). The normalized spacial score (nSPS) is 24.5. The van der Waals surface area contributed by atoms with E-state index in [0.29, 0.717) is 36.1 Å². The predicted octanol–water partition coefficient (Wildman–Crippen LogP) is -0.763. The largest absolute Gasteiger partial charge is 0.493 e. The number of aromatic nitrogens is 2. The first-order chi connectivity index (χ1) is 57.9. The van der Waals surface area contributed by atoms with Gasteiger partial charge in [0.05, 0.1) is 91.8 Å². The van der Waals surface area contributed by atoms with Crippen LogP contribution in [0.5, 0.6) is 34.5 Å². The van der Waals surface area contributed by atoms with Gasteiger partial charge in [-0.25, -0.2) is 34.0 Å². The highest BCUT2D eigenvalue weighted by molar-refractivity contribution is 6.15. The molecule has 4 saturated heterocycles. The molecule has 4 aromatic carbocycles. The minimum atomic E-state index is -2.11. The lowest BCUT2D eigenvalue weighted by molar-refractivity contribution is -0.271. The Labute approximate surface area is 687 Å². The number of aliphatic hydroxyl groups excluding tert-OH is 8. The zero-order chi connectivity index (χ0) is 86.9. The summed E-state index contributed by atoms with van der Waals surface area (Å²) in [6, 6.07) is 9.49. The number of nitrogens with one attached hydrogen (secondary N) is 4. The predicted molar refractivity (Wildman–Crippen MR) is 409 cm³/mol. The van der Waals surface area contributed by atoms with Gasteiger partial charge in [0.1, 0.15) is 67.4 Å². The minimum Gasteiger partial charge on any atom is -0.493 e. The standard InChI is InChI=1S/C79H90N10O32/c1-37-22-49-72(103)88(78(109)116-34-39-10-12-51(118-76-63(96)59(92)61(94)65(120-76)74(105)106)44(24-39)67(98)81-16-9-17-82-69(100)48(26-41-31-80-36-84-41)87-57(90)14-15-58(87)91)46-29-55(53(112-4)27-42(46)70(101)85(49)32-37)114-19-7-6-8-20-115-56-30-47-43(28-54(56)113-5)71(102)86-33-38(2)23-50(86)73(104)89(47)79(110)117-35-40-11-13-52(45(25-40)68(99)83-18-21-111-3)119-77-64(97)60(93)62(95)66(121-77)75(107)108/h10-15,24-25,27-31,36,48-50,59-66,72-73,76-77,92-97,103-104H,1-2,6-9,16-23,26,32-35H2,3-5H3,(H,80,84)(H,81,98)(H,82,100)(H,83,99)(H,105,106)(H,107,108)/t48?,49-,50-,59-,60-,61-,62-,63+,64+,65-,66-,72?,73?,76+,77+/m0/s1.